The molecule has 2 N–H and O–H groups in total. The van der Waals surface area contributed by atoms with Gasteiger partial charge in [-0.05, 0) is 71.7 Å². The number of aromatic amines is 1. The highest BCUT2D eigenvalue weighted by atomic mass is 79.9. The van der Waals surface area contributed by atoms with Gasteiger partial charge in [0.2, 0.25) is 0 Å². The Bertz CT molecular complexity index is 485. The van der Waals surface area contributed by atoms with Crippen molar-refractivity contribution in [3.8, 4) is 0 Å². The molecule has 0 atom stereocenters. The number of nitrogens with one attached hydrogen (secondary N) is 2. The Kier molecular flexibility index (Phi) is 2.72. The largest absolute Gasteiger partial charge is 0.347 e. The Morgan fingerprint density at radius 1 is 1.21 bits per heavy atom. The van der Waals surface area contributed by atoms with Crippen molar-refractivity contribution < 1.29 is 4.79 Å². The summed E-state index contributed by atoms with van der Waals surface area (Å²) in [5.41, 5.74) is 0.550. The van der Waals surface area contributed by atoms with Gasteiger partial charge in [-0.15, -0.1) is 0 Å². The van der Waals surface area contributed by atoms with Gasteiger partial charge in [0.15, 0.2) is 0 Å². The number of hydrogen-bond acceptors (Lipinski definition) is 2. The van der Waals surface area contributed by atoms with Gasteiger partial charge in [-0.25, -0.2) is 0 Å². The van der Waals surface area contributed by atoms with E-state index in [0.29, 0.717) is 23.6 Å². The van der Waals surface area contributed by atoms with Gasteiger partial charge in [0.25, 0.3) is 5.91 Å². The van der Waals surface area contributed by atoms with Crippen LogP contribution in [0.5, 0.6) is 0 Å². The predicted molar refractivity (Wildman–Crippen MR) is 74.6 cm³/mol. The quantitative estimate of drug-likeness (QED) is 0.879. The van der Waals surface area contributed by atoms with Crippen molar-refractivity contribution in [3.63, 3.8) is 0 Å². The van der Waals surface area contributed by atoms with Crippen LogP contribution >= 0.6 is 15.9 Å². The number of H-pyrrole nitrogens is 1. The summed E-state index contributed by atoms with van der Waals surface area (Å²) in [6.07, 6.45) is 8.36. The molecule has 0 saturated heterocycles. The summed E-state index contributed by atoms with van der Waals surface area (Å²) in [6.45, 7) is 0. The first kappa shape index (κ1) is 11.9. The molecule has 1 aromatic rings. The van der Waals surface area contributed by atoms with E-state index < -0.39 is 0 Å². The molecular weight excluding hydrogens is 306 g/mol. The Labute approximate surface area is 120 Å². The van der Waals surface area contributed by atoms with Gasteiger partial charge in [-0.2, -0.15) is 5.10 Å². The van der Waals surface area contributed by atoms with Crippen molar-refractivity contribution >= 4 is 21.8 Å². The summed E-state index contributed by atoms with van der Waals surface area (Å²) in [6, 6.07) is 0.385. The minimum atomic E-state index is -0.0122. The molecule has 102 valence electrons. The molecule has 5 heteroatoms. The van der Waals surface area contributed by atoms with Crippen LogP contribution in [0.25, 0.3) is 0 Å². The van der Waals surface area contributed by atoms with Gasteiger partial charge in [-0.3, -0.25) is 9.89 Å². The number of amides is 1. The van der Waals surface area contributed by atoms with E-state index in [1.165, 1.54) is 32.1 Å². The summed E-state index contributed by atoms with van der Waals surface area (Å²) in [5, 5.41) is 9.93. The molecule has 4 nitrogen and oxygen atoms in total. The highest BCUT2D eigenvalue weighted by Crippen LogP contribution is 2.53. The summed E-state index contributed by atoms with van der Waals surface area (Å²) in [7, 11) is 0. The maximum absolute atomic E-state index is 12.3. The van der Waals surface area contributed by atoms with Crippen LogP contribution < -0.4 is 5.32 Å². The van der Waals surface area contributed by atoms with E-state index in [2.05, 4.69) is 31.4 Å². The number of rotatable bonds is 2. The molecule has 1 aromatic heterocycles. The monoisotopic (exact) mass is 323 g/mol. The zero-order valence-electron chi connectivity index (χ0n) is 10.7. The normalized spacial score (nSPS) is 39.5. The van der Waals surface area contributed by atoms with Crippen molar-refractivity contribution in [2.45, 2.75) is 38.1 Å². The maximum atomic E-state index is 12.3. The maximum Gasteiger partial charge on any atom is 0.270 e. The predicted octanol–water partition coefficient (Wildman–Crippen LogP) is 2.73. The van der Waals surface area contributed by atoms with Gasteiger partial charge >= 0.3 is 0 Å². The Morgan fingerprint density at radius 3 is 2.37 bits per heavy atom. The van der Waals surface area contributed by atoms with E-state index in [1.54, 1.807) is 6.20 Å². The fourth-order valence-corrected chi connectivity index (χ4v) is 5.19. The second-order valence-corrected chi connectivity index (χ2v) is 7.38. The summed E-state index contributed by atoms with van der Waals surface area (Å²) < 4.78 is 0.744. The van der Waals surface area contributed by atoms with Crippen LogP contribution in [0.4, 0.5) is 0 Å². The van der Waals surface area contributed by atoms with Crippen LogP contribution in [-0.2, 0) is 0 Å². The molecule has 1 amide bonds. The molecule has 0 aromatic carbocycles. The van der Waals surface area contributed by atoms with Gasteiger partial charge < -0.3 is 5.32 Å². The van der Waals surface area contributed by atoms with Crippen molar-refractivity contribution in [2.24, 2.45) is 23.7 Å². The van der Waals surface area contributed by atoms with Crippen molar-refractivity contribution in [3.05, 3.63) is 16.4 Å². The van der Waals surface area contributed by atoms with Crippen LogP contribution in [0.1, 0.15) is 42.6 Å². The van der Waals surface area contributed by atoms with Crippen LogP contribution in [0.2, 0.25) is 0 Å². The summed E-state index contributed by atoms with van der Waals surface area (Å²) >= 11 is 3.36. The lowest BCUT2D eigenvalue weighted by atomic mass is 9.54. The van der Waals surface area contributed by atoms with Crippen molar-refractivity contribution in [1.82, 2.24) is 15.5 Å². The number of halogens is 1. The first-order valence-corrected chi connectivity index (χ1v) is 7.99. The second-order valence-electron chi connectivity index (χ2n) is 6.52. The van der Waals surface area contributed by atoms with Crippen LogP contribution in [-0.4, -0.2) is 22.1 Å². The van der Waals surface area contributed by atoms with E-state index in [9.17, 15) is 4.79 Å². The highest BCUT2D eigenvalue weighted by Gasteiger charge is 2.48. The van der Waals surface area contributed by atoms with Gasteiger partial charge in [0.1, 0.15) is 5.69 Å². The van der Waals surface area contributed by atoms with Crippen molar-refractivity contribution in [1.29, 1.82) is 0 Å². The van der Waals surface area contributed by atoms with Crippen LogP contribution in [0, 0.1) is 23.7 Å². The van der Waals surface area contributed by atoms with Gasteiger partial charge in [0, 0.05) is 6.04 Å². The molecule has 4 bridgehead atoms. The summed E-state index contributed by atoms with van der Waals surface area (Å²) in [4.78, 5) is 12.3. The second kappa shape index (κ2) is 4.33. The zero-order valence-corrected chi connectivity index (χ0v) is 12.3. The van der Waals surface area contributed by atoms with E-state index in [0.717, 1.165) is 16.3 Å². The lowest BCUT2D eigenvalue weighted by molar-refractivity contribution is -0.0120. The molecule has 4 fully saturated rings. The molecule has 4 aliphatic rings. The van der Waals surface area contributed by atoms with Gasteiger partial charge in [0.05, 0.1) is 10.7 Å². The molecule has 1 heterocycles. The molecule has 4 aliphatic carbocycles. The molecule has 0 radical (unpaired) electrons. The van der Waals surface area contributed by atoms with Crippen molar-refractivity contribution in [2.75, 3.05) is 0 Å². The molecule has 4 saturated carbocycles. The SMILES string of the molecule is O=C(NC1C2CC3CC(C2)CC1C3)c1[nH]ncc1Br. The molecule has 0 aliphatic heterocycles. The lowest BCUT2D eigenvalue weighted by Gasteiger charge is -2.54. The average molecular weight is 324 g/mol. The molecule has 5 rings (SSSR count). The smallest absolute Gasteiger partial charge is 0.270 e. The molecular formula is C14H18BrN3O. The highest BCUT2D eigenvalue weighted by molar-refractivity contribution is 9.10. The number of aromatic nitrogens is 2. The Balaban J connectivity index is 1.51. The van der Waals surface area contributed by atoms with Crippen LogP contribution in [0.3, 0.4) is 0 Å². The van der Waals surface area contributed by atoms with E-state index in [-0.39, 0.29) is 5.91 Å². The minimum absolute atomic E-state index is 0.0122. The van der Waals surface area contributed by atoms with Crippen LogP contribution in [0.15, 0.2) is 10.7 Å². The number of carbonyl (C=O) groups excluding carboxylic acids is 1. The topological polar surface area (TPSA) is 57.8 Å². The lowest BCUT2D eigenvalue weighted by Crippen LogP contribution is -2.55. The molecule has 0 spiro atoms. The third kappa shape index (κ3) is 1.93. The fourth-order valence-electron chi connectivity index (χ4n) is 4.82. The summed E-state index contributed by atoms with van der Waals surface area (Å²) in [5.74, 6) is 3.29. The molecule has 19 heavy (non-hydrogen) atoms. The minimum Gasteiger partial charge on any atom is -0.347 e. The number of hydrogen-bond donors (Lipinski definition) is 2. The Morgan fingerprint density at radius 2 is 1.84 bits per heavy atom. The fraction of sp³-hybridized carbons (Fsp3) is 0.714. The number of carbonyl (C=O) groups is 1. The Hall–Kier alpha value is -0.840. The first-order valence-electron chi connectivity index (χ1n) is 7.20. The third-order valence-corrected chi connectivity index (χ3v) is 5.95. The van der Waals surface area contributed by atoms with E-state index >= 15 is 0 Å². The first-order chi connectivity index (χ1) is 9.20. The van der Waals surface area contributed by atoms with E-state index in [1.807, 2.05) is 0 Å². The molecule has 0 unspecified atom stereocenters. The third-order valence-electron chi connectivity index (χ3n) is 5.34. The zero-order chi connectivity index (χ0) is 13.0. The standard InChI is InChI=1S/C14H18BrN3O/c15-11-6-16-18-13(11)14(19)17-12-9-2-7-1-8(4-9)5-10(12)3-7/h6-10,12H,1-5H2,(H,16,18)(H,17,19). The number of nitrogens with zero attached hydrogens (tertiary/aromatic N) is 1. The van der Waals surface area contributed by atoms with Gasteiger partial charge in [-0.1, -0.05) is 0 Å². The average Bonchev–Trinajstić information content (AvgIpc) is 2.79. The van der Waals surface area contributed by atoms with E-state index in [4.69, 9.17) is 0 Å².